The molecule has 148 valence electrons. The van der Waals surface area contributed by atoms with Gasteiger partial charge in [0.25, 0.3) is 5.91 Å². The zero-order valence-electron chi connectivity index (χ0n) is 15.6. The summed E-state index contributed by atoms with van der Waals surface area (Å²) in [6, 6.07) is 14.7. The minimum Gasteiger partial charge on any atom is -0.507 e. The van der Waals surface area contributed by atoms with E-state index in [0.717, 1.165) is 35.0 Å². The molecule has 6 nitrogen and oxygen atoms in total. The van der Waals surface area contributed by atoms with Crippen molar-refractivity contribution in [2.45, 2.75) is 25.0 Å². The molecule has 0 aliphatic carbocycles. The van der Waals surface area contributed by atoms with Gasteiger partial charge in [-0.25, -0.2) is 0 Å². The van der Waals surface area contributed by atoms with E-state index < -0.39 is 0 Å². The average Bonchev–Trinajstić information content (AvgIpc) is 3.42. The van der Waals surface area contributed by atoms with Crippen LogP contribution < -0.4 is 0 Å². The fraction of sp³-hybridized carbons (Fsp3) is 0.273. The number of H-pyrrole nitrogens is 1. The van der Waals surface area contributed by atoms with Gasteiger partial charge in [0.05, 0.1) is 12.1 Å². The number of amides is 1. The number of para-hydroxylation sites is 1. The van der Waals surface area contributed by atoms with Crippen LogP contribution in [0.4, 0.5) is 0 Å². The molecule has 0 radical (unpaired) electrons. The van der Waals surface area contributed by atoms with Gasteiger partial charge in [-0.05, 0) is 42.7 Å². The van der Waals surface area contributed by atoms with Crippen LogP contribution in [0.25, 0.3) is 11.3 Å². The van der Waals surface area contributed by atoms with E-state index in [2.05, 4.69) is 26.1 Å². The Hall–Kier alpha value is -2.64. The maximum absolute atomic E-state index is 13.3. The quantitative estimate of drug-likeness (QED) is 0.618. The van der Waals surface area contributed by atoms with E-state index in [4.69, 9.17) is 4.74 Å². The molecule has 1 saturated heterocycles. The molecule has 2 unspecified atom stereocenters. The number of aromatic nitrogens is 2. The Labute approximate surface area is 176 Å². The number of carbonyl (C=O) groups is 1. The van der Waals surface area contributed by atoms with Gasteiger partial charge < -0.3 is 14.7 Å². The number of phenolic OH excluding ortho intramolecular Hbond substituents is 1. The summed E-state index contributed by atoms with van der Waals surface area (Å²) >= 11 is 3.55. The Morgan fingerprint density at radius 2 is 2.10 bits per heavy atom. The van der Waals surface area contributed by atoms with Crippen LogP contribution in [0.5, 0.6) is 5.75 Å². The van der Waals surface area contributed by atoms with E-state index in [-0.39, 0.29) is 23.8 Å². The van der Waals surface area contributed by atoms with Crippen LogP contribution in [-0.2, 0) is 4.74 Å². The van der Waals surface area contributed by atoms with Crippen molar-refractivity contribution in [1.29, 1.82) is 0 Å². The van der Waals surface area contributed by atoms with Crippen molar-refractivity contribution in [3.05, 3.63) is 69.8 Å². The molecule has 2 aliphatic heterocycles. The highest BCUT2D eigenvalue weighted by Gasteiger charge is 2.43. The Bertz CT molecular complexity index is 1070. The molecule has 0 saturated carbocycles. The highest BCUT2D eigenvalue weighted by Crippen LogP contribution is 2.45. The fourth-order valence-electron chi connectivity index (χ4n) is 4.30. The third-order valence-corrected chi connectivity index (χ3v) is 6.10. The molecule has 1 fully saturated rings. The lowest BCUT2D eigenvalue weighted by Crippen LogP contribution is -2.36. The number of aromatic hydroxyl groups is 1. The summed E-state index contributed by atoms with van der Waals surface area (Å²) in [4.78, 5) is 15.2. The van der Waals surface area contributed by atoms with Crippen LogP contribution in [0.1, 0.15) is 40.5 Å². The third kappa shape index (κ3) is 3.14. The number of nitrogens with one attached hydrogen (secondary N) is 1. The van der Waals surface area contributed by atoms with Gasteiger partial charge in [-0.15, -0.1) is 0 Å². The average molecular weight is 454 g/mol. The van der Waals surface area contributed by atoms with Crippen molar-refractivity contribution in [3.63, 3.8) is 0 Å². The summed E-state index contributed by atoms with van der Waals surface area (Å²) in [5.41, 5.74) is 3.48. The normalized spacial score (nSPS) is 21.0. The molecule has 0 bridgehead atoms. The molecule has 2 atom stereocenters. The predicted molar refractivity (Wildman–Crippen MR) is 112 cm³/mol. The van der Waals surface area contributed by atoms with Crippen molar-refractivity contribution in [1.82, 2.24) is 15.1 Å². The van der Waals surface area contributed by atoms with Gasteiger partial charge in [0.1, 0.15) is 17.1 Å². The number of carbonyl (C=O) groups excluding carboxylic acids is 1. The number of fused-ring (bicyclic) bond motifs is 1. The zero-order chi connectivity index (χ0) is 20.0. The van der Waals surface area contributed by atoms with Crippen LogP contribution >= 0.6 is 15.9 Å². The van der Waals surface area contributed by atoms with Crippen molar-refractivity contribution < 1.29 is 14.6 Å². The largest absolute Gasteiger partial charge is 0.507 e. The minimum atomic E-state index is -0.299. The summed E-state index contributed by atoms with van der Waals surface area (Å²) in [5.74, 6) is 0.0504. The van der Waals surface area contributed by atoms with E-state index in [9.17, 15) is 9.90 Å². The first-order valence-corrected chi connectivity index (χ1v) is 10.5. The standard InChI is InChI=1S/C22H20BrN3O3/c23-14-6-3-5-13(11-14)21-18-19(16-8-1-2-9-17(16)27)24-25-20(18)22(28)26(21)12-15-7-4-10-29-15/h1-3,5-6,8-9,11,15,21,27H,4,7,10,12H2,(H,24,25). The number of hydrogen-bond acceptors (Lipinski definition) is 4. The minimum absolute atomic E-state index is 0.0409. The lowest BCUT2D eigenvalue weighted by atomic mass is 9.95. The highest BCUT2D eigenvalue weighted by atomic mass is 79.9. The lowest BCUT2D eigenvalue weighted by molar-refractivity contribution is 0.0495. The van der Waals surface area contributed by atoms with Crippen molar-refractivity contribution in [2.24, 2.45) is 0 Å². The summed E-state index contributed by atoms with van der Waals surface area (Å²) in [5, 5.41) is 17.7. The Morgan fingerprint density at radius 1 is 1.24 bits per heavy atom. The van der Waals surface area contributed by atoms with Crippen LogP contribution in [0.3, 0.4) is 0 Å². The molecule has 7 heteroatoms. The smallest absolute Gasteiger partial charge is 0.273 e. The van der Waals surface area contributed by atoms with Crippen molar-refractivity contribution >= 4 is 21.8 Å². The molecule has 5 rings (SSSR count). The maximum atomic E-state index is 13.3. The molecular formula is C22H20BrN3O3. The van der Waals surface area contributed by atoms with Gasteiger partial charge in [-0.1, -0.05) is 40.2 Å². The summed E-state index contributed by atoms with van der Waals surface area (Å²) < 4.78 is 6.76. The molecule has 29 heavy (non-hydrogen) atoms. The monoisotopic (exact) mass is 453 g/mol. The number of nitrogens with zero attached hydrogens (tertiary/aromatic N) is 2. The molecule has 3 aromatic rings. The van der Waals surface area contributed by atoms with Gasteiger partial charge in [0, 0.05) is 28.8 Å². The first-order valence-electron chi connectivity index (χ1n) is 9.68. The van der Waals surface area contributed by atoms with Gasteiger partial charge in [0.2, 0.25) is 0 Å². The second-order valence-corrected chi connectivity index (χ2v) is 8.34. The van der Waals surface area contributed by atoms with Gasteiger partial charge >= 0.3 is 0 Å². The van der Waals surface area contributed by atoms with Crippen LogP contribution in [-0.4, -0.2) is 45.4 Å². The topological polar surface area (TPSA) is 78.5 Å². The summed E-state index contributed by atoms with van der Waals surface area (Å²) in [6.07, 6.45) is 2.01. The van der Waals surface area contributed by atoms with E-state index in [0.29, 0.717) is 23.5 Å². The number of rotatable bonds is 4. The number of ether oxygens (including phenoxy) is 1. The zero-order valence-corrected chi connectivity index (χ0v) is 17.2. The summed E-state index contributed by atoms with van der Waals surface area (Å²) in [6.45, 7) is 1.27. The molecule has 0 spiro atoms. The lowest BCUT2D eigenvalue weighted by Gasteiger charge is -2.28. The number of phenols is 1. The first-order chi connectivity index (χ1) is 14.1. The van der Waals surface area contributed by atoms with Crippen LogP contribution in [0.15, 0.2) is 53.0 Å². The second kappa shape index (κ2) is 7.31. The predicted octanol–water partition coefficient (Wildman–Crippen LogP) is 4.27. The van der Waals surface area contributed by atoms with E-state index in [1.54, 1.807) is 12.1 Å². The summed E-state index contributed by atoms with van der Waals surface area (Å²) in [7, 11) is 0. The second-order valence-electron chi connectivity index (χ2n) is 7.43. The molecule has 3 heterocycles. The number of hydrogen-bond donors (Lipinski definition) is 2. The van der Waals surface area contributed by atoms with E-state index in [1.807, 2.05) is 41.3 Å². The number of aromatic amines is 1. The number of halogens is 1. The maximum Gasteiger partial charge on any atom is 0.273 e. The molecule has 2 aromatic carbocycles. The van der Waals surface area contributed by atoms with Gasteiger partial charge in [-0.3, -0.25) is 9.89 Å². The van der Waals surface area contributed by atoms with Crippen LogP contribution in [0.2, 0.25) is 0 Å². The molecule has 2 N–H and O–H groups in total. The van der Waals surface area contributed by atoms with E-state index >= 15 is 0 Å². The molecule has 2 aliphatic rings. The molecule has 1 amide bonds. The van der Waals surface area contributed by atoms with Crippen molar-refractivity contribution in [2.75, 3.05) is 13.2 Å². The van der Waals surface area contributed by atoms with Crippen molar-refractivity contribution in [3.8, 4) is 17.0 Å². The van der Waals surface area contributed by atoms with E-state index in [1.165, 1.54) is 0 Å². The molecular weight excluding hydrogens is 434 g/mol. The van der Waals surface area contributed by atoms with Gasteiger partial charge in [-0.2, -0.15) is 5.10 Å². The highest BCUT2D eigenvalue weighted by molar-refractivity contribution is 9.10. The SMILES string of the molecule is O=C1c2[nH]nc(-c3ccccc3O)c2C(c2cccc(Br)c2)N1CC1CCCO1. The first kappa shape index (κ1) is 18.4. The third-order valence-electron chi connectivity index (χ3n) is 5.61. The Kier molecular flexibility index (Phi) is 4.64. The number of benzene rings is 2. The Balaban J connectivity index is 1.65. The van der Waals surface area contributed by atoms with Gasteiger partial charge in [0.15, 0.2) is 0 Å². The van der Waals surface area contributed by atoms with Crippen LogP contribution in [0, 0.1) is 0 Å². The Morgan fingerprint density at radius 3 is 2.86 bits per heavy atom. The molecule has 1 aromatic heterocycles. The fourth-order valence-corrected chi connectivity index (χ4v) is 4.71.